The number of nitrogens with one attached hydrogen (secondary N) is 1. The quantitative estimate of drug-likeness (QED) is 0.638. The van der Waals surface area contributed by atoms with Crippen LogP contribution in [0.4, 0.5) is 5.00 Å². The highest BCUT2D eigenvalue weighted by molar-refractivity contribution is 7.13. The summed E-state index contributed by atoms with van der Waals surface area (Å²) >= 11 is 0.944. The fourth-order valence-electron chi connectivity index (χ4n) is 2.90. The van der Waals surface area contributed by atoms with Gasteiger partial charge in [-0.15, -0.1) is 0 Å². The minimum Gasteiger partial charge on any atom is -0.352 e. The molecule has 8 nitrogen and oxygen atoms in total. The summed E-state index contributed by atoms with van der Waals surface area (Å²) in [6.45, 7) is 1.37. The van der Waals surface area contributed by atoms with Crippen molar-refractivity contribution in [2.24, 2.45) is 5.92 Å². The van der Waals surface area contributed by atoms with Crippen LogP contribution in [0.1, 0.15) is 28.8 Å². The van der Waals surface area contributed by atoms with Gasteiger partial charge in [0.05, 0.1) is 10.5 Å². The number of piperidine rings is 1. The number of thiophene rings is 1. The predicted octanol–water partition coefficient (Wildman–Crippen LogP) is 2.22. The van der Waals surface area contributed by atoms with E-state index in [4.69, 9.17) is 0 Å². The average Bonchev–Trinajstić information content (AvgIpc) is 3.17. The fraction of sp³-hybridized carbons (Fsp3) is 0.353. The molecule has 1 aliphatic rings. The van der Waals surface area contributed by atoms with Crippen LogP contribution in [0.15, 0.2) is 36.0 Å². The Hall–Kier alpha value is -2.81. The minimum absolute atomic E-state index is 0.0212. The molecule has 2 aromatic rings. The lowest BCUT2D eigenvalue weighted by Crippen LogP contribution is -2.42. The van der Waals surface area contributed by atoms with E-state index in [0.717, 1.165) is 16.9 Å². The van der Waals surface area contributed by atoms with Crippen LogP contribution in [0, 0.1) is 16.0 Å². The minimum atomic E-state index is -0.500. The maximum atomic E-state index is 12.4. The van der Waals surface area contributed by atoms with Gasteiger partial charge in [-0.25, -0.2) is 0 Å². The van der Waals surface area contributed by atoms with Gasteiger partial charge in [-0.05, 0) is 24.5 Å². The smallest absolute Gasteiger partial charge is 0.324 e. The largest absolute Gasteiger partial charge is 0.352 e. The number of hydrogen-bond donors (Lipinski definition) is 1. The van der Waals surface area contributed by atoms with Gasteiger partial charge < -0.3 is 10.2 Å². The lowest BCUT2D eigenvalue weighted by atomic mass is 9.95. The molecule has 1 aliphatic heterocycles. The third-order valence-electron chi connectivity index (χ3n) is 4.36. The molecule has 1 saturated heterocycles. The molecule has 1 N–H and O–H groups in total. The van der Waals surface area contributed by atoms with Crippen LogP contribution >= 0.6 is 11.3 Å². The van der Waals surface area contributed by atoms with Gasteiger partial charge in [0.2, 0.25) is 5.91 Å². The monoisotopic (exact) mass is 374 g/mol. The molecule has 0 atom stereocenters. The van der Waals surface area contributed by atoms with Crippen LogP contribution in [0.25, 0.3) is 0 Å². The molecule has 1 fully saturated rings. The Morgan fingerprint density at radius 1 is 1.38 bits per heavy atom. The molecule has 0 aromatic carbocycles. The summed E-state index contributed by atoms with van der Waals surface area (Å²) in [5, 5.41) is 15.1. The molecule has 0 aliphatic carbocycles. The van der Waals surface area contributed by atoms with E-state index in [1.54, 1.807) is 17.3 Å². The standard InChI is InChI=1S/C17H18N4O4S/c22-16(19-10-12-2-1-5-18-9-12)13-3-6-20(7-4-13)17(23)14-8-15(21(24)25)26-11-14/h1-2,5,8-9,11,13H,3-4,6-7,10H2,(H,19,22). The number of amides is 2. The third kappa shape index (κ3) is 4.23. The molecule has 9 heteroatoms. The summed E-state index contributed by atoms with van der Waals surface area (Å²) in [6, 6.07) is 5.02. The van der Waals surface area contributed by atoms with E-state index in [0.29, 0.717) is 38.0 Å². The summed E-state index contributed by atoms with van der Waals surface area (Å²) in [5.74, 6) is -0.372. The second-order valence-corrected chi connectivity index (χ2v) is 6.97. The molecule has 26 heavy (non-hydrogen) atoms. The molecule has 0 radical (unpaired) electrons. The molecular formula is C17H18N4O4S. The molecule has 136 valence electrons. The Balaban J connectivity index is 1.49. The van der Waals surface area contributed by atoms with Crippen molar-refractivity contribution in [3.05, 3.63) is 57.2 Å². The molecule has 0 bridgehead atoms. The van der Waals surface area contributed by atoms with Crippen LogP contribution in [0.2, 0.25) is 0 Å². The van der Waals surface area contributed by atoms with Crippen molar-refractivity contribution in [3.8, 4) is 0 Å². The van der Waals surface area contributed by atoms with Gasteiger partial charge in [-0.3, -0.25) is 24.7 Å². The van der Waals surface area contributed by atoms with Crippen LogP contribution in [0.3, 0.4) is 0 Å². The molecule has 0 saturated carbocycles. The van der Waals surface area contributed by atoms with E-state index in [1.165, 1.54) is 11.4 Å². The first kappa shape index (κ1) is 18.0. The van der Waals surface area contributed by atoms with E-state index in [-0.39, 0.29) is 22.7 Å². The summed E-state index contributed by atoms with van der Waals surface area (Å²) in [4.78, 5) is 40.6. The van der Waals surface area contributed by atoms with Crippen molar-refractivity contribution in [1.82, 2.24) is 15.2 Å². The zero-order valence-electron chi connectivity index (χ0n) is 14.0. The number of nitro groups is 1. The number of likely N-dealkylation sites (tertiary alicyclic amines) is 1. The number of nitrogens with zero attached hydrogens (tertiary/aromatic N) is 3. The molecule has 2 aromatic heterocycles. The van der Waals surface area contributed by atoms with E-state index in [9.17, 15) is 19.7 Å². The van der Waals surface area contributed by atoms with Gasteiger partial charge in [0.25, 0.3) is 5.91 Å². The second-order valence-electron chi connectivity index (χ2n) is 6.08. The van der Waals surface area contributed by atoms with Gasteiger partial charge in [0.15, 0.2) is 0 Å². The highest BCUT2D eigenvalue weighted by atomic mass is 32.1. The molecule has 2 amide bonds. The van der Waals surface area contributed by atoms with E-state index in [2.05, 4.69) is 10.3 Å². The van der Waals surface area contributed by atoms with Gasteiger partial charge in [0.1, 0.15) is 0 Å². The van der Waals surface area contributed by atoms with Crippen molar-refractivity contribution < 1.29 is 14.5 Å². The maximum Gasteiger partial charge on any atom is 0.324 e. The van der Waals surface area contributed by atoms with Gasteiger partial charge in [0, 0.05) is 49.4 Å². The summed E-state index contributed by atoms with van der Waals surface area (Å²) < 4.78 is 0. The lowest BCUT2D eigenvalue weighted by Gasteiger charge is -2.31. The van der Waals surface area contributed by atoms with Crippen LogP contribution in [-0.2, 0) is 11.3 Å². The normalized spacial score (nSPS) is 14.8. The first-order valence-electron chi connectivity index (χ1n) is 8.23. The first-order chi connectivity index (χ1) is 12.5. The Morgan fingerprint density at radius 3 is 2.77 bits per heavy atom. The zero-order valence-corrected chi connectivity index (χ0v) is 14.8. The van der Waals surface area contributed by atoms with Crippen molar-refractivity contribution in [2.75, 3.05) is 13.1 Å². The topological polar surface area (TPSA) is 105 Å². The zero-order chi connectivity index (χ0) is 18.5. The highest BCUT2D eigenvalue weighted by Gasteiger charge is 2.28. The third-order valence-corrected chi connectivity index (χ3v) is 5.24. The lowest BCUT2D eigenvalue weighted by molar-refractivity contribution is -0.380. The molecule has 0 unspecified atom stereocenters. The number of carbonyl (C=O) groups excluding carboxylic acids is 2. The summed E-state index contributed by atoms with van der Waals surface area (Å²) in [6.07, 6.45) is 4.55. The summed E-state index contributed by atoms with van der Waals surface area (Å²) in [7, 11) is 0. The maximum absolute atomic E-state index is 12.4. The highest BCUT2D eigenvalue weighted by Crippen LogP contribution is 2.25. The first-order valence-corrected chi connectivity index (χ1v) is 9.11. The van der Waals surface area contributed by atoms with Gasteiger partial charge >= 0.3 is 5.00 Å². The van der Waals surface area contributed by atoms with Crippen molar-refractivity contribution in [3.63, 3.8) is 0 Å². The number of aromatic nitrogens is 1. The van der Waals surface area contributed by atoms with Crippen molar-refractivity contribution in [2.45, 2.75) is 19.4 Å². The van der Waals surface area contributed by atoms with Gasteiger partial charge in [-0.1, -0.05) is 17.4 Å². The Labute approximate surface area is 154 Å². The van der Waals surface area contributed by atoms with E-state index < -0.39 is 4.92 Å². The number of carbonyl (C=O) groups is 2. The molecule has 3 rings (SSSR count). The molecular weight excluding hydrogens is 356 g/mol. The Kier molecular flexibility index (Phi) is 5.57. The van der Waals surface area contributed by atoms with Crippen LogP contribution < -0.4 is 5.32 Å². The number of pyridine rings is 1. The Morgan fingerprint density at radius 2 is 2.15 bits per heavy atom. The Bertz CT molecular complexity index is 800. The van der Waals surface area contributed by atoms with E-state index >= 15 is 0 Å². The van der Waals surface area contributed by atoms with Crippen molar-refractivity contribution >= 4 is 28.2 Å². The average molecular weight is 374 g/mol. The number of rotatable bonds is 5. The fourth-order valence-corrected chi connectivity index (χ4v) is 3.59. The molecule has 0 spiro atoms. The SMILES string of the molecule is O=C(NCc1cccnc1)C1CCN(C(=O)c2csc([N+](=O)[O-])c2)CC1. The molecule has 3 heterocycles. The second kappa shape index (κ2) is 8.05. The van der Waals surface area contributed by atoms with Crippen molar-refractivity contribution in [1.29, 1.82) is 0 Å². The predicted molar refractivity (Wildman–Crippen MR) is 95.7 cm³/mol. The van der Waals surface area contributed by atoms with E-state index in [1.807, 2.05) is 12.1 Å². The van der Waals surface area contributed by atoms with Crippen LogP contribution in [0.5, 0.6) is 0 Å². The summed E-state index contributed by atoms with van der Waals surface area (Å²) in [5.41, 5.74) is 1.27. The number of hydrogen-bond acceptors (Lipinski definition) is 6. The van der Waals surface area contributed by atoms with Gasteiger partial charge in [-0.2, -0.15) is 0 Å². The van der Waals surface area contributed by atoms with Crippen LogP contribution in [-0.4, -0.2) is 39.7 Å².